The monoisotopic (exact) mass is 395 g/mol. The first-order chi connectivity index (χ1) is 13.5. The van der Waals surface area contributed by atoms with E-state index in [1.807, 2.05) is 62.4 Å². The molecule has 144 valence electrons. The number of rotatable bonds is 5. The Morgan fingerprint density at radius 1 is 1.04 bits per heavy atom. The second-order valence-electron chi connectivity index (χ2n) is 6.24. The lowest BCUT2D eigenvalue weighted by molar-refractivity contribution is 0.102. The maximum atomic E-state index is 12.8. The van der Waals surface area contributed by atoms with Crippen LogP contribution < -0.4 is 10.6 Å². The second kappa shape index (κ2) is 8.67. The molecule has 2 N–H and O–H groups in total. The van der Waals surface area contributed by atoms with E-state index >= 15 is 0 Å². The van der Waals surface area contributed by atoms with Gasteiger partial charge < -0.3 is 10.1 Å². The molecule has 0 fully saturated rings. The van der Waals surface area contributed by atoms with E-state index in [1.165, 1.54) is 11.3 Å². The van der Waals surface area contributed by atoms with E-state index in [4.69, 9.17) is 4.74 Å². The quantitative estimate of drug-likeness (QED) is 0.618. The minimum atomic E-state index is -0.581. The van der Waals surface area contributed by atoms with Crippen LogP contribution in [0, 0.1) is 13.8 Å². The number of anilines is 2. The molecule has 0 aliphatic carbocycles. The summed E-state index contributed by atoms with van der Waals surface area (Å²) >= 11 is 1.18. The maximum Gasteiger partial charge on any atom is 0.413 e. The third-order valence-electron chi connectivity index (χ3n) is 3.87. The van der Waals surface area contributed by atoms with Gasteiger partial charge in [-0.2, -0.15) is 0 Å². The zero-order chi connectivity index (χ0) is 20.1. The summed E-state index contributed by atoms with van der Waals surface area (Å²) in [5, 5.41) is 6.44. The van der Waals surface area contributed by atoms with Crippen molar-refractivity contribution in [2.45, 2.75) is 20.8 Å². The van der Waals surface area contributed by atoms with Crippen molar-refractivity contribution < 1.29 is 14.3 Å². The Hall–Kier alpha value is -3.19. The molecule has 28 heavy (non-hydrogen) atoms. The molecule has 0 radical (unpaired) electrons. The summed E-state index contributed by atoms with van der Waals surface area (Å²) in [4.78, 5) is 29.0. The Morgan fingerprint density at radius 2 is 1.71 bits per heavy atom. The van der Waals surface area contributed by atoms with Crippen LogP contribution in [-0.2, 0) is 4.74 Å². The first-order valence-corrected chi connectivity index (χ1v) is 9.67. The molecule has 0 atom stereocenters. The molecule has 1 aromatic heterocycles. The van der Waals surface area contributed by atoms with Crippen molar-refractivity contribution in [1.29, 1.82) is 0 Å². The molecular weight excluding hydrogens is 374 g/mol. The molecule has 0 saturated heterocycles. The molecule has 2 amide bonds. The molecule has 0 unspecified atom stereocenters. The summed E-state index contributed by atoms with van der Waals surface area (Å²) < 4.78 is 4.91. The number of aryl methyl sites for hydroxylation is 2. The molecular formula is C21H21N3O3S. The van der Waals surface area contributed by atoms with Gasteiger partial charge in [-0.1, -0.05) is 58.9 Å². The van der Waals surface area contributed by atoms with E-state index in [1.54, 1.807) is 6.92 Å². The number of aromatic nitrogens is 1. The lowest BCUT2D eigenvalue weighted by Gasteiger charge is -2.07. The molecule has 0 aliphatic rings. The molecule has 0 spiro atoms. The molecule has 3 rings (SSSR count). The zero-order valence-corrected chi connectivity index (χ0v) is 16.7. The summed E-state index contributed by atoms with van der Waals surface area (Å²) in [7, 11) is 0. The molecule has 6 nitrogen and oxygen atoms in total. The van der Waals surface area contributed by atoms with Gasteiger partial charge in [0.15, 0.2) is 5.13 Å². The highest BCUT2D eigenvalue weighted by Crippen LogP contribution is 2.36. The van der Waals surface area contributed by atoms with Gasteiger partial charge in [-0.05, 0) is 32.9 Å². The molecule has 3 aromatic rings. The van der Waals surface area contributed by atoms with Crippen LogP contribution in [0.1, 0.15) is 28.4 Å². The predicted molar refractivity (Wildman–Crippen MR) is 112 cm³/mol. The zero-order valence-electron chi connectivity index (χ0n) is 15.9. The summed E-state index contributed by atoms with van der Waals surface area (Å²) in [6.45, 7) is 5.89. The third-order valence-corrected chi connectivity index (χ3v) is 4.76. The van der Waals surface area contributed by atoms with Crippen molar-refractivity contribution in [2.24, 2.45) is 0 Å². The summed E-state index contributed by atoms with van der Waals surface area (Å²) in [6, 6.07) is 15.2. The fraction of sp³-hybridized carbons (Fsp3) is 0.190. The van der Waals surface area contributed by atoms with Gasteiger partial charge in [0, 0.05) is 11.1 Å². The van der Waals surface area contributed by atoms with Gasteiger partial charge in [-0.25, -0.2) is 9.78 Å². The summed E-state index contributed by atoms with van der Waals surface area (Å²) in [5.41, 5.74) is 4.04. The van der Waals surface area contributed by atoms with Crippen LogP contribution in [-0.4, -0.2) is 23.6 Å². The number of benzene rings is 2. The normalized spacial score (nSPS) is 10.4. The smallest absolute Gasteiger partial charge is 0.413 e. The number of ether oxygens (including phenoxy) is 1. The van der Waals surface area contributed by atoms with Crippen LogP contribution in [0.15, 0.2) is 48.5 Å². The number of thiazole rings is 1. The highest BCUT2D eigenvalue weighted by molar-refractivity contribution is 7.20. The Bertz CT molecular complexity index is 979. The van der Waals surface area contributed by atoms with Crippen molar-refractivity contribution in [2.75, 3.05) is 17.2 Å². The van der Waals surface area contributed by atoms with Gasteiger partial charge in [0.1, 0.15) is 10.7 Å². The first-order valence-electron chi connectivity index (χ1n) is 8.86. The van der Waals surface area contributed by atoms with Crippen LogP contribution in [0.2, 0.25) is 0 Å². The summed E-state index contributed by atoms with van der Waals surface area (Å²) in [5.74, 6) is -0.227. The Labute approximate surface area is 167 Å². The van der Waals surface area contributed by atoms with Gasteiger partial charge >= 0.3 is 6.09 Å². The fourth-order valence-electron chi connectivity index (χ4n) is 2.79. The number of amides is 2. The number of hydrogen-bond acceptors (Lipinski definition) is 5. The Kier molecular flexibility index (Phi) is 6.06. The lowest BCUT2D eigenvalue weighted by Crippen LogP contribution is -2.12. The SMILES string of the molecule is CCOC(=O)Nc1nc(-c2ccccc2)c(NC(=O)c2cc(C)cc(C)c2)s1. The van der Waals surface area contributed by atoms with Gasteiger partial charge in [0.25, 0.3) is 5.91 Å². The number of carbonyl (C=O) groups excluding carboxylic acids is 2. The molecule has 0 aliphatic heterocycles. The Balaban J connectivity index is 1.92. The van der Waals surface area contributed by atoms with Crippen molar-refractivity contribution in [3.8, 4) is 11.3 Å². The molecule has 2 aromatic carbocycles. The van der Waals surface area contributed by atoms with Gasteiger partial charge in [-0.15, -0.1) is 0 Å². The van der Waals surface area contributed by atoms with Crippen molar-refractivity contribution in [3.63, 3.8) is 0 Å². The van der Waals surface area contributed by atoms with Crippen molar-refractivity contribution in [1.82, 2.24) is 4.98 Å². The Morgan fingerprint density at radius 3 is 2.36 bits per heavy atom. The topological polar surface area (TPSA) is 80.3 Å². The summed E-state index contributed by atoms with van der Waals surface area (Å²) in [6.07, 6.45) is -0.581. The van der Waals surface area contributed by atoms with Crippen molar-refractivity contribution in [3.05, 3.63) is 65.2 Å². The number of nitrogens with zero attached hydrogens (tertiary/aromatic N) is 1. The van der Waals surface area contributed by atoms with Crippen molar-refractivity contribution >= 4 is 33.5 Å². The predicted octanol–water partition coefficient (Wildman–Crippen LogP) is 5.25. The number of hydrogen-bond donors (Lipinski definition) is 2. The van der Waals surface area contributed by atoms with Gasteiger partial charge in [-0.3, -0.25) is 10.1 Å². The average Bonchev–Trinajstić information content (AvgIpc) is 3.04. The number of nitrogens with one attached hydrogen (secondary N) is 2. The van der Waals surface area contributed by atoms with Crippen LogP contribution in [0.3, 0.4) is 0 Å². The standard InChI is InChI=1S/C21H21N3O3S/c1-4-27-21(26)24-20-22-17(15-8-6-5-7-9-15)19(28-20)23-18(25)16-11-13(2)10-14(3)12-16/h5-12H,4H2,1-3H3,(H,23,25)(H,22,24,26). The molecule has 7 heteroatoms. The van der Waals surface area contributed by atoms with E-state index in [0.29, 0.717) is 21.4 Å². The van der Waals surface area contributed by atoms with Gasteiger partial charge in [0.2, 0.25) is 0 Å². The van der Waals surface area contributed by atoms with E-state index in [-0.39, 0.29) is 12.5 Å². The van der Waals surface area contributed by atoms with Gasteiger partial charge in [0.05, 0.1) is 6.61 Å². The average molecular weight is 395 g/mol. The highest BCUT2D eigenvalue weighted by atomic mass is 32.1. The van der Waals surface area contributed by atoms with Crippen LogP contribution >= 0.6 is 11.3 Å². The second-order valence-corrected chi connectivity index (χ2v) is 7.24. The molecule has 1 heterocycles. The minimum absolute atomic E-state index is 0.227. The third kappa shape index (κ3) is 4.75. The maximum absolute atomic E-state index is 12.8. The lowest BCUT2D eigenvalue weighted by atomic mass is 10.1. The van der Waals surface area contributed by atoms with E-state index in [9.17, 15) is 9.59 Å². The number of carbonyl (C=O) groups is 2. The highest BCUT2D eigenvalue weighted by Gasteiger charge is 2.18. The largest absolute Gasteiger partial charge is 0.450 e. The van der Waals surface area contributed by atoms with Crippen LogP contribution in [0.25, 0.3) is 11.3 Å². The van der Waals surface area contributed by atoms with Crippen LogP contribution in [0.5, 0.6) is 0 Å². The fourth-order valence-corrected chi connectivity index (χ4v) is 3.65. The van der Waals surface area contributed by atoms with E-state index < -0.39 is 6.09 Å². The first kappa shape index (κ1) is 19.6. The minimum Gasteiger partial charge on any atom is -0.450 e. The molecule has 0 bridgehead atoms. The van der Waals surface area contributed by atoms with E-state index in [0.717, 1.165) is 16.7 Å². The molecule has 0 saturated carbocycles. The van der Waals surface area contributed by atoms with E-state index in [2.05, 4.69) is 15.6 Å². The van der Waals surface area contributed by atoms with Crippen LogP contribution in [0.4, 0.5) is 14.9 Å².